The molecule has 8 aromatic rings. The fourth-order valence-electron chi connectivity index (χ4n) is 5.82. The highest BCUT2D eigenvalue weighted by atomic mass is 32.1. The second-order valence-corrected chi connectivity index (χ2v) is 10.4. The molecular weight excluding hydrogens is 454 g/mol. The van der Waals surface area contributed by atoms with Gasteiger partial charge in [0.05, 0.1) is 15.7 Å². The SMILES string of the molecule is c1ccc(-n2c3ccccc3c3ccc4c5cccc(-c6cccc7ccccc67)c5sc4c32)cc1. The Bertz CT molecular complexity index is 2090. The molecule has 0 aliphatic rings. The van der Waals surface area contributed by atoms with Gasteiger partial charge in [0.1, 0.15) is 0 Å². The molecule has 0 aliphatic heterocycles. The molecule has 2 heterocycles. The van der Waals surface area contributed by atoms with Crippen LogP contribution in [0.5, 0.6) is 0 Å². The second-order valence-electron chi connectivity index (χ2n) is 9.34. The second kappa shape index (κ2) is 7.55. The van der Waals surface area contributed by atoms with Crippen molar-refractivity contribution in [1.29, 1.82) is 0 Å². The normalized spacial score (nSPS) is 11.9. The van der Waals surface area contributed by atoms with Crippen LogP contribution in [0.4, 0.5) is 0 Å². The number of thiophene rings is 1. The lowest BCUT2D eigenvalue weighted by Gasteiger charge is -2.08. The summed E-state index contributed by atoms with van der Waals surface area (Å²) < 4.78 is 5.14. The van der Waals surface area contributed by atoms with Gasteiger partial charge in [0.15, 0.2) is 0 Å². The maximum absolute atomic E-state index is 2.44. The Labute approximate surface area is 212 Å². The molecule has 0 aliphatic carbocycles. The molecule has 1 nitrogen and oxygen atoms in total. The van der Waals surface area contributed by atoms with E-state index in [4.69, 9.17) is 0 Å². The summed E-state index contributed by atoms with van der Waals surface area (Å²) in [5, 5.41) is 7.83. The van der Waals surface area contributed by atoms with Gasteiger partial charge in [-0.15, -0.1) is 11.3 Å². The fourth-order valence-corrected chi connectivity index (χ4v) is 7.19. The van der Waals surface area contributed by atoms with Crippen molar-refractivity contribution >= 4 is 64.1 Å². The van der Waals surface area contributed by atoms with E-state index >= 15 is 0 Å². The number of benzene rings is 6. The molecule has 2 heteroatoms. The first-order valence-corrected chi connectivity index (χ1v) is 13.1. The maximum Gasteiger partial charge on any atom is 0.0719 e. The van der Waals surface area contributed by atoms with Gasteiger partial charge in [0.2, 0.25) is 0 Å². The Balaban J connectivity index is 1.54. The van der Waals surface area contributed by atoms with Crippen LogP contribution in [0.2, 0.25) is 0 Å². The maximum atomic E-state index is 2.44. The summed E-state index contributed by atoms with van der Waals surface area (Å²) in [4.78, 5) is 0. The van der Waals surface area contributed by atoms with E-state index in [1.54, 1.807) is 0 Å². The molecule has 0 unspecified atom stereocenters. The number of hydrogen-bond donors (Lipinski definition) is 0. The number of hydrogen-bond acceptors (Lipinski definition) is 1. The van der Waals surface area contributed by atoms with Crippen molar-refractivity contribution in [2.75, 3.05) is 0 Å². The van der Waals surface area contributed by atoms with Gasteiger partial charge in [-0.2, -0.15) is 0 Å². The van der Waals surface area contributed by atoms with Crippen molar-refractivity contribution < 1.29 is 0 Å². The van der Waals surface area contributed by atoms with E-state index in [9.17, 15) is 0 Å². The molecule has 8 rings (SSSR count). The molecule has 0 spiro atoms. The largest absolute Gasteiger partial charge is 0.308 e. The Morgan fingerprint density at radius 2 is 1.06 bits per heavy atom. The molecule has 6 aromatic carbocycles. The first-order valence-electron chi connectivity index (χ1n) is 12.3. The summed E-state index contributed by atoms with van der Waals surface area (Å²) >= 11 is 1.92. The topological polar surface area (TPSA) is 4.93 Å². The minimum Gasteiger partial charge on any atom is -0.308 e. The smallest absolute Gasteiger partial charge is 0.0719 e. The van der Waals surface area contributed by atoms with Crippen LogP contribution in [-0.4, -0.2) is 4.57 Å². The molecule has 0 radical (unpaired) electrons. The van der Waals surface area contributed by atoms with E-state index in [0.717, 1.165) is 0 Å². The standard InChI is InChI=1S/C34H21NS/c1-2-12-23(13-3-1)35-31-19-7-6-15-26(31)27-20-21-30-29-18-9-17-28(33(29)36-34(30)32(27)35)25-16-8-11-22-10-4-5-14-24(22)25/h1-21H. The van der Waals surface area contributed by atoms with Gasteiger partial charge in [0, 0.05) is 37.5 Å². The highest BCUT2D eigenvalue weighted by molar-refractivity contribution is 7.27. The minimum absolute atomic E-state index is 1.20. The summed E-state index contributed by atoms with van der Waals surface area (Å²) in [6.45, 7) is 0. The van der Waals surface area contributed by atoms with Crippen molar-refractivity contribution in [3.05, 3.63) is 127 Å². The van der Waals surface area contributed by atoms with Crippen molar-refractivity contribution in [1.82, 2.24) is 4.57 Å². The van der Waals surface area contributed by atoms with Crippen LogP contribution < -0.4 is 0 Å². The van der Waals surface area contributed by atoms with Gasteiger partial charge >= 0.3 is 0 Å². The van der Waals surface area contributed by atoms with Crippen LogP contribution >= 0.6 is 11.3 Å². The summed E-state index contributed by atoms with van der Waals surface area (Å²) in [6, 6.07) is 46.3. The van der Waals surface area contributed by atoms with E-state index in [1.165, 1.54) is 69.6 Å². The molecule has 168 valence electrons. The number of nitrogens with zero attached hydrogens (tertiary/aromatic N) is 1. The predicted molar refractivity (Wildman–Crippen MR) is 157 cm³/mol. The van der Waals surface area contributed by atoms with Gasteiger partial charge in [-0.1, -0.05) is 109 Å². The first kappa shape index (κ1) is 19.9. The van der Waals surface area contributed by atoms with Gasteiger partial charge in [-0.3, -0.25) is 0 Å². The summed E-state index contributed by atoms with van der Waals surface area (Å²) in [5.41, 5.74) is 6.34. The highest BCUT2D eigenvalue weighted by Gasteiger charge is 2.19. The van der Waals surface area contributed by atoms with Crippen molar-refractivity contribution in [3.63, 3.8) is 0 Å². The average molecular weight is 476 g/mol. The molecule has 36 heavy (non-hydrogen) atoms. The Morgan fingerprint density at radius 3 is 1.97 bits per heavy atom. The molecule has 2 aromatic heterocycles. The van der Waals surface area contributed by atoms with Gasteiger partial charge in [-0.05, 0) is 34.5 Å². The molecule has 0 atom stereocenters. The van der Waals surface area contributed by atoms with Crippen LogP contribution in [0.1, 0.15) is 0 Å². The van der Waals surface area contributed by atoms with Gasteiger partial charge in [0.25, 0.3) is 0 Å². The van der Waals surface area contributed by atoms with E-state index in [2.05, 4.69) is 132 Å². The zero-order valence-electron chi connectivity index (χ0n) is 19.5. The average Bonchev–Trinajstić information content (AvgIpc) is 3.49. The molecule has 0 bridgehead atoms. The predicted octanol–water partition coefficient (Wildman–Crippen LogP) is 9.97. The summed E-state index contributed by atoms with van der Waals surface area (Å²) in [7, 11) is 0. The van der Waals surface area contributed by atoms with Crippen molar-refractivity contribution in [3.8, 4) is 16.8 Å². The van der Waals surface area contributed by atoms with Crippen LogP contribution in [-0.2, 0) is 0 Å². The van der Waals surface area contributed by atoms with Crippen molar-refractivity contribution in [2.45, 2.75) is 0 Å². The van der Waals surface area contributed by atoms with Crippen LogP contribution in [0.3, 0.4) is 0 Å². The number of aromatic nitrogens is 1. The Hall–Kier alpha value is -4.40. The Morgan fingerprint density at radius 1 is 0.417 bits per heavy atom. The molecule has 0 amide bonds. The third-order valence-corrected chi connectivity index (χ3v) is 8.66. The molecule has 0 N–H and O–H groups in total. The van der Waals surface area contributed by atoms with E-state index in [1.807, 2.05) is 11.3 Å². The van der Waals surface area contributed by atoms with Gasteiger partial charge in [-0.25, -0.2) is 0 Å². The van der Waals surface area contributed by atoms with E-state index in [-0.39, 0.29) is 0 Å². The number of fused-ring (bicyclic) bond motifs is 8. The highest BCUT2D eigenvalue weighted by Crippen LogP contribution is 2.46. The third-order valence-electron chi connectivity index (χ3n) is 7.39. The third kappa shape index (κ3) is 2.71. The lowest BCUT2D eigenvalue weighted by atomic mass is 9.97. The van der Waals surface area contributed by atoms with Gasteiger partial charge < -0.3 is 4.57 Å². The quantitative estimate of drug-likeness (QED) is 0.234. The zero-order chi connectivity index (χ0) is 23.6. The van der Waals surface area contributed by atoms with Crippen LogP contribution in [0.15, 0.2) is 127 Å². The molecular formula is C34H21NS. The molecule has 0 fully saturated rings. The van der Waals surface area contributed by atoms with Crippen LogP contribution in [0.25, 0.3) is 69.6 Å². The molecule has 0 saturated heterocycles. The van der Waals surface area contributed by atoms with Crippen molar-refractivity contribution in [2.24, 2.45) is 0 Å². The summed E-state index contributed by atoms with van der Waals surface area (Å²) in [5.74, 6) is 0. The zero-order valence-corrected chi connectivity index (χ0v) is 20.3. The molecule has 0 saturated carbocycles. The lowest BCUT2D eigenvalue weighted by molar-refractivity contribution is 1.19. The minimum atomic E-state index is 1.20. The number of rotatable bonds is 2. The lowest BCUT2D eigenvalue weighted by Crippen LogP contribution is -1.92. The van der Waals surface area contributed by atoms with E-state index in [0.29, 0.717) is 0 Å². The fraction of sp³-hybridized carbons (Fsp3) is 0. The number of para-hydroxylation sites is 2. The van der Waals surface area contributed by atoms with Crippen LogP contribution in [0, 0.1) is 0 Å². The monoisotopic (exact) mass is 475 g/mol. The first-order chi connectivity index (χ1) is 17.9. The summed E-state index contributed by atoms with van der Waals surface area (Å²) in [6.07, 6.45) is 0. The van der Waals surface area contributed by atoms with E-state index < -0.39 is 0 Å². The Kier molecular flexibility index (Phi) is 4.16.